The van der Waals surface area contributed by atoms with Gasteiger partial charge in [0.2, 0.25) is 5.91 Å². The molecular weight excluding hydrogens is 372 g/mol. The van der Waals surface area contributed by atoms with Crippen LogP contribution in [-0.4, -0.2) is 18.4 Å². The summed E-state index contributed by atoms with van der Waals surface area (Å²) in [6, 6.07) is 7.58. The summed E-state index contributed by atoms with van der Waals surface area (Å²) in [6.07, 6.45) is 6.88. The highest BCUT2D eigenvalue weighted by molar-refractivity contribution is 7.17. The molecular formula is C22H26N2O3S. The summed E-state index contributed by atoms with van der Waals surface area (Å²) in [5.74, 6) is 0.547. The fourth-order valence-corrected chi connectivity index (χ4v) is 4.80. The summed E-state index contributed by atoms with van der Waals surface area (Å²) in [7, 11) is 0. The number of amides is 2. The number of nitrogens with two attached hydrogens (primary N) is 1. The van der Waals surface area contributed by atoms with Gasteiger partial charge in [0.05, 0.1) is 12.2 Å². The Labute approximate surface area is 169 Å². The first-order valence-corrected chi connectivity index (χ1v) is 10.5. The Morgan fingerprint density at radius 2 is 2.14 bits per heavy atom. The van der Waals surface area contributed by atoms with Crippen molar-refractivity contribution in [1.82, 2.24) is 0 Å². The fourth-order valence-electron chi connectivity index (χ4n) is 3.38. The molecule has 0 saturated heterocycles. The number of thiophene rings is 1. The molecule has 0 bridgehead atoms. The van der Waals surface area contributed by atoms with Crippen molar-refractivity contribution in [2.75, 3.05) is 11.9 Å². The molecule has 1 aliphatic carbocycles. The third-order valence-electron chi connectivity index (χ3n) is 4.79. The molecule has 1 atom stereocenters. The van der Waals surface area contributed by atoms with Gasteiger partial charge in [-0.15, -0.1) is 11.3 Å². The summed E-state index contributed by atoms with van der Waals surface area (Å²) in [5, 5.41) is 3.40. The van der Waals surface area contributed by atoms with Crippen molar-refractivity contribution >= 4 is 34.2 Å². The van der Waals surface area contributed by atoms with E-state index in [9.17, 15) is 9.59 Å². The van der Waals surface area contributed by atoms with Gasteiger partial charge in [-0.05, 0) is 49.3 Å². The highest BCUT2D eigenvalue weighted by Gasteiger charge is 2.26. The third kappa shape index (κ3) is 4.62. The Bertz CT molecular complexity index is 901. The first-order chi connectivity index (χ1) is 13.5. The number of hydrogen-bond acceptors (Lipinski definition) is 4. The van der Waals surface area contributed by atoms with Crippen LogP contribution in [0.1, 0.15) is 53.1 Å². The molecule has 2 aromatic rings. The van der Waals surface area contributed by atoms with E-state index in [-0.39, 0.29) is 5.91 Å². The van der Waals surface area contributed by atoms with Crippen LogP contribution in [0.25, 0.3) is 6.08 Å². The molecule has 3 rings (SSSR count). The van der Waals surface area contributed by atoms with Crippen LogP contribution in [0.15, 0.2) is 30.3 Å². The Morgan fingerprint density at radius 1 is 1.36 bits per heavy atom. The average Bonchev–Trinajstić information content (AvgIpc) is 3.02. The van der Waals surface area contributed by atoms with E-state index < -0.39 is 5.91 Å². The number of carbonyl (C=O) groups excluding carboxylic acids is 2. The van der Waals surface area contributed by atoms with Crippen LogP contribution >= 0.6 is 11.3 Å². The lowest BCUT2D eigenvalue weighted by Crippen LogP contribution is -2.18. The molecule has 2 amide bonds. The fraction of sp³-hybridized carbons (Fsp3) is 0.364. The second-order valence-electron chi connectivity index (χ2n) is 7.13. The van der Waals surface area contributed by atoms with Crippen molar-refractivity contribution in [2.24, 2.45) is 11.7 Å². The topological polar surface area (TPSA) is 81.4 Å². The standard InChI is InChI=1S/C22H26N2O3S/c1-3-12-27-17-7-5-4-6-15(17)9-11-19(25)24-22-20(21(23)26)16-10-8-14(2)13-18(16)28-22/h4-7,9,11,14H,3,8,10,12-13H2,1-2H3,(H2,23,26)(H,24,25)/b11-9+. The Balaban J connectivity index is 1.77. The van der Waals surface area contributed by atoms with Gasteiger partial charge >= 0.3 is 0 Å². The van der Waals surface area contributed by atoms with Gasteiger partial charge in [0.15, 0.2) is 0 Å². The molecule has 0 saturated carbocycles. The maximum atomic E-state index is 12.5. The largest absolute Gasteiger partial charge is 0.493 e. The minimum Gasteiger partial charge on any atom is -0.493 e. The SMILES string of the molecule is CCCOc1ccccc1/C=C/C(=O)Nc1sc2c(c1C(N)=O)CCC(C)C2. The first-order valence-electron chi connectivity index (χ1n) is 9.64. The molecule has 1 aromatic heterocycles. The number of fused-ring (bicyclic) bond motifs is 1. The van der Waals surface area contributed by atoms with Crippen LogP contribution in [0, 0.1) is 5.92 Å². The van der Waals surface area contributed by atoms with E-state index in [1.165, 1.54) is 17.4 Å². The van der Waals surface area contributed by atoms with Crippen molar-refractivity contribution in [3.8, 4) is 5.75 Å². The van der Waals surface area contributed by atoms with Gasteiger partial charge in [-0.3, -0.25) is 9.59 Å². The van der Waals surface area contributed by atoms with Gasteiger partial charge in [0, 0.05) is 16.5 Å². The maximum Gasteiger partial charge on any atom is 0.251 e. The molecule has 0 radical (unpaired) electrons. The van der Waals surface area contributed by atoms with Crippen molar-refractivity contribution in [2.45, 2.75) is 39.5 Å². The number of nitrogens with one attached hydrogen (secondary N) is 1. The van der Waals surface area contributed by atoms with E-state index in [4.69, 9.17) is 10.5 Å². The number of primary amides is 1. The number of para-hydroxylation sites is 1. The zero-order valence-corrected chi connectivity index (χ0v) is 17.1. The van der Waals surface area contributed by atoms with Crippen LogP contribution in [0.5, 0.6) is 5.75 Å². The molecule has 3 N–H and O–H groups in total. The van der Waals surface area contributed by atoms with E-state index in [1.807, 2.05) is 31.2 Å². The summed E-state index contributed by atoms with van der Waals surface area (Å²) in [4.78, 5) is 25.6. The minimum atomic E-state index is -0.482. The first kappa shape index (κ1) is 20.1. The zero-order valence-electron chi connectivity index (χ0n) is 16.3. The third-order valence-corrected chi connectivity index (χ3v) is 5.96. The quantitative estimate of drug-likeness (QED) is 0.678. The predicted molar refractivity (Wildman–Crippen MR) is 114 cm³/mol. The van der Waals surface area contributed by atoms with Gasteiger partial charge in [0.1, 0.15) is 10.8 Å². The molecule has 0 fully saturated rings. The van der Waals surface area contributed by atoms with Crippen molar-refractivity contribution in [3.05, 3.63) is 51.9 Å². The Kier molecular flexibility index (Phi) is 6.52. The van der Waals surface area contributed by atoms with E-state index in [0.717, 1.165) is 47.4 Å². The monoisotopic (exact) mass is 398 g/mol. The lowest BCUT2D eigenvalue weighted by Gasteiger charge is -2.18. The van der Waals surface area contributed by atoms with Gasteiger partial charge in [-0.25, -0.2) is 0 Å². The second-order valence-corrected chi connectivity index (χ2v) is 8.23. The van der Waals surface area contributed by atoms with Gasteiger partial charge in [-0.2, -0.15) is 0 Å². The van der Waals surface area contributed by atoms with E-state index in [1.54, 1.807) is 6.08 Å². The van der Waals surface area contributed by atoms with Crippen LogP contribution in [-0.2, 0) is 17.6 Å². The summed E-state index contributed by atoms with van der Waals surface area (Å²) < 4.78 is 5.71. The molecule has 1 aliphatic rings. The maximum absolute atomic E-state index is 12.5. The molecule has 0 spiro atoms. The molecule has 1 unspecified atom stereocenters. The number of ether oxygens (including phenoxy) is 1. The van der Waals surface area contributed by atoms with E-state index in [2.05, 4.69) is 12.2 Å². The molecule has 28 heavy (non-hydrogen) atoms. The average molecular weight is 399 g/mol. The number of benzene rings is 1. The predicted octanol–water partition coefficient (Wildman–Crippen LogP) is 4.41. The second kappa shape index (κ2) is 9.06. The molecule has 6 heteroatoms. The minimum absolute atomic E-state index is 0.292. The highest BCUT2D eigenvalue weighted by atomic mass is 32.1. The Morgan fingerprint density at radius 3 is 2.89 bits per heavy atom. The Hall–Kier alpha value is -2.60. The lowest BCUT2D eigenvalue weighted by molar-refractivity contribution is -0.111. The molecule has 5 nitrogen and oxygen atoms in total. The lowest BCUT2D eigenvalue weighted by atomic mass is 9.88. The zero-order chi connectivity index (χ0) is 20.1. The number of anilines is 1. The smallest absolute Gasteiger partial charge is 0.251 e. The molecule has 148 valence electrons. The van der Waals surface area contributed by atoms with Gasteiger partial charge in [-0.1, -0.05) is 32.0 Å². The van der Waals surface area contributed by atoms with Crippen molar-refractivity contribution in [1.29, 1.82) is 0 Å². The van der Waals surface area contributed by atoms with Crippen LogP contribution < -0.4 is 15.8 Å². The molecule has 0 aliphatic heterocycles. The molecule has 1 heterocycles. The van der Waals surface area contributed by atoms with Crippen molar-refractivity contribution < 1.29 is 14.3 Å². The van der Waals surface area contributed by atoms with E-state index >= 15 is 0 Å². The van der Waals surface area contributed by atoms with Gasteiger partial charge < -0.3 is 15.8 Å². The summed E-state index contributed by atoms with van der Waals surface area (Å²) >= 11 is 1.47. The molecule has 1 aromatic carbocycles. The summed E-state index contributed by atoms with van der Waals surface area (Å²) in [6.45, 7) is 4.87. The van der Waals surface area contributed by atoms with Gasteiger partial charge in [0.25, 0.3) is 5.91 Å². The highest BCUT2D eigenvalue weighted by Crippen LogP contribution is 2.39. The summed E-state index contributed by atoms with van der Waals surface area (Å²) in [5.41, 5.74) is 7.92. The van der Waals surface area contributed by atoms with Crippen LogP contribution in [0.2, 0.25) is 0 Å². The van der Waals surface area contributed by atoms with E-state index in [0.29, 0.717) is 23.1 Å². The number of hydrogen-bond donors (Lipinski definition) is 2. The van der Waals surface area contributed by atoms with Crippen LogP contribution in [0.3, 0.4) is 0 Å². The van der Waals surface area contributed by atoms with Crippen molar-refractivity contribution in [3.63, 3.8) is 0 Å². The number of rotatable bonds is 7. The van der Waals surface area contributed by atoms with Crippen LogP contribution in [0.4, 0.5) is 5.00 Å². The normalized spacial score (nSPS) is 16.0. The number of carbonyl (C=O) groups is 2.